The van der Waals surface area contributed by atoms with Gasteiger partial charge >= 0.3 is 0 Å². The Morgan fingerprint density at radius 1 is 1.58 bits per heavy atom. The SMILES string of the molecule is CCc1cccc(P(C)(=O)O)n1. The summed E-state index contributed by atoms with van der Waals surface area (Å²) >= 11 is 0. The molecule has 1 unspecified atom stereocenters. The summed E-state index contributed by atoms with van der Waals surface area (Å²) in [4.78, 5) is 13.3. The van der Waals surface area contributed by atoms with E-state index in [2.05, 4.69) is 4.98 Å². The standard InChI is InChI=1S/C8H12NO2P/c1-3-7-5-4-6-8(9-7)12(2,10)11/h4-6H,3H2,1-2H3,(H,10,11). The van der Waals surface area contributed by atoms with Crippen molar-refractivity contribution >= 4 is 12.8 Å². The van der Waals surface area contributed by atoms with Crippen LogP contribution >= 0.6 is 7.37 Å². The van der Waals surface area contributed by atoms with Crippen LogP contribution in [0.4, 0.5) is 0 Å². The number of nitrogens with zero attached hydrogens (tertiary/aromatic N) is 1. The van der Waals surface area contributed by atoms with E-state index < -0.39 is 7.37 Å². The average molecular weight is 185 g/mol. The third-order valence-corrected chi connectivity index (χ3v) is 2.68. The van der Waals surface area contributed by atoms with Crippen LogP contribution in [-0.2, 0) is 11.0 Å². The van der Waals surface area contributed by atoms with E-state index in [4.69, 9.17) is 0 Å². The van der Waals surface area contributed by atoms with Crippen molar-refractivity contribution in [1.29, 1.82) is 0 Å². The van der Waals surface area contributed by atoms with E-state index in [9.17, 15) is 9.46 Å². The van der Waals surface area contributed by atoms with Crippen LogP contribution in [0, 0.1) is 0 Å². The van der Waals surface area contributed by atoms with Gasteiger partial charge in [0.15, 0.2) is 0 Å². The Kier molecular flexibility index (Phi) is 2.65. The van der Waals surface area contributed by atoms with Crippen molar-refractivity contribution in [2.45, 2.75) is 13.3 Å². The number of pyridine rings is 1. The highest BCUT2D eigenvalue weighted by Crippen LogP contribution is 2.32. The molecule has 0 aliphatic rings. The molecule has 1 aromatic heterocycles. The number of hydrogen-bond acceptors (Lipinski definition) is 2. The van der Waals surface area contributed by atoms with E-state index in [0.29, 0.717) is 5.44 Å². The minimum absolute atomic E-state index is 0.293. The summed E-state index contributed by atoms with van der Waals surface area (Å²) < 4.78 is 11.2. The predicted octanol–water partition coefficient (Wildman–Crippen LogP) is 1.17. The minimum Gasteiger partial charge on any atom is -0.340 e. The van der Waals surface area contributed by atoms with Crippen LogP contribution in [0.15, 0.2) is 18.2 Å². The molecule has 1 heterocycles. The van der Waals surface area contributed by atoms with Crippen molar-refractivity contribution in [1.82, 2.24) is 4.98 Å². The molecule has 4 heteroatoms. The molecule has 0 aliphatic carbocycles. The lowest BCUT2D eigenvalue weighted by atomic mass is 10.3. The maximum atomic E-state index is 11.2. The molecule has 0 amide bonds. The van der Waals surface area contributed by atoms with Crippen molar-refractivity contribution in [3.8, 4) is 0 Å². The van der Waals surface area contributed by atoms with Gasteiger partial charge in [-0.25, -0.2) is 4.98 Å². The van der Waals surface area contributed by atoms with Gasteiger partial charge in [-0.2, -0.15) is 0 Å². The Bertz CT molecular complexity index is 319. The third kappa shape index (κ3) is 2.16. The zero-order chi connectivity index (χ0) is 9.19. The monoisotopic (exact) mass is 185 g/mol. The summed E-state index contributed by atoms with van der Waals surface area (Å²) in [5, 5.41) is 0. The second-order valence-corrected chi connectivity index (χ2v) is 4.94. The molecule has 0 aliphatic heterocycles. The fourth-order valence-corrected chi connectivity index (χ4v) is 1.57. The fraction of sp³-hybridized carbons (Fsp3) is 0.375. The van der Waals surface area contributed by atoms with Gasteiger partial charge in [-0.1, -0.05) is 13.0 Å². The molecular weight excluding hydrogens is 173 g/mol. The zero-order valence-corrected chi connectivity index (χ0v) is 8.08. The third-order valence-electron chi connectivity index (χ3n) is 1.58. The van der Waals surface area contributed by atoms with Gasteiger partial charge in [-0.3, -0.25) is 4.57 Å². The average Bonchev–Trinajstić information content (AvgIpc) is 2.03. The molecule has 1 rings (SSSR count). The Morgan fingerprint density at radius 2 is 2.25 bits per heavy atom. The maximum absolute atomic E-state index is 11.2. The summed E-state index contributed by atoms with van der Waals surface area (Å²) in [5.74, 6) is 0. The highest BCUT2D eigenvalue weighted by atomic mass is 31.2. The van der Waals surface area contributed by atoms with Gasteiger partial charge in [0.1, 0.15) is 5.44 Å². The summed E-state index contributed by atoms with van der Waals surface area (Å²) in [5.41, 5.74) is 1.14. The topological polar surface area (TPSA) is 50.2 Å². The van der Waals surface area contributed by atoms with Crippen molar-refractivity contribution in [2.75, 3.05) is 6.66 Å². The predicted molar refractivity (Wildman–Crippen MR) is 49.0 cm³/mol. The number of aromatic nitrogens is 1. The zero-order valence-electron chi connectivity index (χ0n) is 7.19. The van der Waals surface area contributed by atoms with E-state index in [0.717, 1.165) is 12.1 Å². The molecule has 0 fully saturated rings. The molecule has 0 saturated heterocycles. The van der Waals surface area contributed by atoms with E-state index >= 15 is 0 Å². The fourth-order valence-electron chi connectivity index (χ4n) is 0.895. The number of hydrogen-bond donors (Lipinski definition) is 1. The Morgan fingerprint density at radius 3 is 2.75 bits per heavy atom. The van der Waals surface area contributed by atoms with Gasteiger partial charge in [0.2, 0.25) is 7.37 Å². The van der Waals surface area contributed by atoms with Crippen LogP contribution < -0.4 is 5.44 Å². The molecule has 3 nitrogen and oxygen atoms in total. The lowest BCUT2D eigenvalue weighted by Gasteiger charge is -2.04. The van der Waals surface area contributed by atoms with Crippen LogP contribution in [0.2, 0.25) is 0 Å². The summed E-state index contributed by atoms with van der Waals surface area (Å²) in [6, 6.07) is 5.19. The lowest BCUT2D eigenvalue weighted by molar-refractivity contribution is 0.495. The molecule has 0 radical (unpaired) electrons. The van der Waals surface area contributed by atoms with Crippen LogP contribution in [-0.4, -0.2) is 16.5 Å². The second kappa shape index (κ2) is 3.38. The molecule has 1 aromatic rings. The van der Waals surface area contributed by atoms with Crippen LogP contribution in [0.3, 0.4) is 0 Å². The second-order valence-electron chi connectivity index (χ2n) is 2.72. The Hall–Kier alpha value is -0.660. The maximum Gasteiger partial charge on any atom is 0.244 e. The summed E-state index contributed by atoms with van der Waals surface area (Å²) in [6.45, 7) is 3.26. The molecule has 0 bridgehead atoms. The molecule has 66 valence electrons. The number of aryl methyl sites for hydroxylation is 1. The van der Waals surface area contributed by atoms with Crippen LogP contribution in [0.5, 0.6) is 0 Å². The van der Waals surface area contributed by atoms with Crippen LogP contribution in [0.1, 0.15) is 12.6 Å². The van der Waals surface area contributed by atoms with E-state index in [-0.39, 0.29) is 0 Å². The summed E-state index contributed by atoms with van der Waals surface area (Å²) in [7, 11) is -3.17. The molecule has 0 spiro atoms. The van der Waals surface area contributed by atoms with Gasteiger partial charge in [-0.05, 0) is 18.6 Å². The molecule has 1 atom stereocenters. The van der Waals surface area contributed by atoms with Gasteiger partial charge in [-0.15, -0.1) is 0 Å². The quantitative estimate of drug-likeness (QED) is 0.703. The molecule has 1 N–H and O–H groups in total. The Balaban J connectivity index is 3.11. The highest BCUT2D eigenvalue weighted by molar-refractivity contribution is 7.65. The van der Waals surface area contributed by atoms with Crippen LogP contribution in [0.25, 0.3) is 0 Å². The lowest BCUT2D eigenvalue weighted by Crippen LogP contribution is -2.09. The largest absolute Gasteiger partial charge is 0.340 e. The van der Waals surface area contributed by atoms with Crippen molar-refractivity contribution in [3.05, 3.63) is 23.9 Å². The van der Waals surface area contributed by atoms with Gasteiger partial charge in [0, 0.05) is 12.4 Å². The molecule has 12 heavy (non-hydrogen) atoms. The highest BCUT2D eigenvalue weighted by Gasteiger charge is 2.14. The number of rotatable bonds is 2. The van der Waals surface area contributed by atoms with Gasteiger partial charge < -0.3 is 4.89 Å². The Labute approximate surface area is 71.9 Å². The molecule has 0 saturated carbocycles. The molecule has 0 aromatic carbocycles. The normalized spacial score (nSPS) is 15.6. The van der Waals surface area contributed by atoms with E-state index in [1.54, 1.807) is 12.1 Å². The first-order valence-corrected chi connectivity index (χ1v) is 5.91. The first-order valence-electron chi connectivity index (χ1n) is 3.81. The van der Waals surface area contributed by atoms with Gasteiger partial charge in [0.05, 0.1) is 0 Å². The van der Waals surface area contributed by atoms with Crippen molar-refractivity contribution < 1.29 is 9.46 Å². The summed E-state index contributed by atoms with van der Waals surface area (Å²) in [6.07, 6.45) is 0.786. The minimum atomic E-state index is -3.17. The van der Waals surface area contributed by atoms with E-state index in [1.165, 1.54) is 6.66 Å². The van der Waals surface area contributed by atoms with Crippen molar-refractivity contribution in [3.63, 3.8) is 0 Å². The molecular formula is C8H12NO2P. The first kappa shape index (κ1) is 9.43. The van der Waals surface area contributed by atoms with E-state index in [1.807, 2.05) is 13.0 Å². The van der Waals surface area contributed by atoms with Gasteiger partial charge in [0.25, 0.3) is 0 Å². The first-order chi connectivity index (χ1) is 5.54. The van der Waals surface area contributed by atoms with Crippen molar-refractivity contribution in [2.24, 2.45) is 0 Å². The smallest absolute Gasteiger partial charge is 0.244 e.